The Morgan fingerprint density at radius 1 is 0.806 bits per heavy atom. The van der Waals surface area contributed by atoms with Crippen molar-refractivity contribution in [2.75, 3.05) is 76.9 Å². The molecular weight excluding hydrogens is 793 g/mol. The molecular formula is C46H50N8O8. The molecule has 0 bridgehead atoms. The number of urea groups is 1. The highest BCUT2D eigenvalue weighted by Crippen LogP contribution is 2.36. The fourth-order valence-electron chi connectivity index (χ4n) is 6.14. The van der Waals surface area contributed by atoms with Crippen LogP contribution in [-0.4, -0.2) is 92.6 Å². The molecule has 0 unspecified atom stereocenters. The van der Waals surface area contributed by atoms with E-state index in [4.69, 9.17) is 39.9 Å². The molecule has 0 aliphatic rings. The molecule has 2 aromatic heterocycles. The molecule has 62 heavy (non-hydrogen) atoms. The van der Waals surface area contributed by atoms with Crippen molar-refractivity contribution < 1.29 is 38.0 Å². The summed E-state index contributed by atoms with van der Waals surface area (Å²) < 4.78 is 34.8. The molecule has 4 aromatic carbocycles. The number of carbonyl (C=O) groups excluding carboxylic acids is 2. The van der Waals surface area contributed by atoms with Gasteiger partial charge in [-0.15, -0.1) is 6.42 Å². The van der Waals surface area contributed by atoms with Crippen molar-refractivity contribution in [3.05, 3.63) is 108 Å². The van der Waals surface area contributed by atoms with Crippen molar-refractivity contribution in [1.29, 1.82) is 0 Å². The molecule has 322 valence electrons. The Kier molecular flexibility index (Phi) is 14.9. The van der Waals surface area contributed by atoms with Crippen LogP contribution in [0.1, 0.15) is 42.4 Å². The minimum absolute atomic E-state index is 0.213. The monoisotopic (exact) mass is 842 g/mol. The fourth-order valence-corrected chi connectivity index (χ4v) is 6.14. The molecule has 0 aliphatic carbocycles. The summed E-state index contributed by atoms with van der Waals surface area (Å²) in [6.07, 6.45) is 7.28. The summed E-state index contributed by atoms with van der Waals surface area (Å²) in [5.41, 5.74) is 2.97. The summed E-state index contributed by atoms with van der Waals surface area (Å²) in [7, 11) is 4.76. The van der Waals surface area contributed by atoms with E-state index in [9.17, 15) is 9.59 Å². The van der Waals surface area contributed by atoms with Gasteiger partial charge in [-0.2, -0.15) is 10.1 Å². The number of hydrogen-bond donors (Lipinski definition) is 4. The van der Waals surface area contributed by atoms with Gasteiger partial charge in [-0.3, -0.25) is 10.1 Å². The first kappa shape index (κ1) is 44.4. The van der Waals surface area contributed by atoms with E-state index >= 15 is 0 Å². The number of rotatable bonds is 19. The molecule has 16 heteroatoms. The van der Waals surface area contributed by atoms with E-state index in [0.29, 0.717) is 90.8 Å². The molecule has 6 rings (SSSR count). The van der Waals surface area contributed by atoms with Crippen molar-refractivity contribution in [2.45, 2.75) is 26.2 Å². The van der Waals surface area contributed by atoms with Crippen molar-refractivity contribution in [3.63, 3.8) is 0 Å². The largest absolute Gasteiger partial charge is 0.497 e. The summed E-state index contributed by atoms with van der Waals surface area (Å²) >= 11 is 0. The third kappa shape index (κ3) is 11.5. The lowest BCUT2D eigenvalue weighted by Gasteiger charge is -2.16. The summed E-state index contributed by atoms with van der Waals surface area (Å²) in [6, 6.07) is 24.4. The topological polar surface area (TPSA) is 181 Å². The van der Waals surface area contributed by atoms with E-state index in [1.807, 2.05) is 57.2 Å². The van der Waals surface area contributed by atoms with Crippen LogP contribution < -0.4 is 35.5 Å². The fraction of sp³-hybridized carbons (Fsp3) is 0.283. The second kappa shape index (κ2) is 20.9. The Labute approximate surface area is 360 Å². The molecule has 0 fully saturated rings. The van der Waals surface area contributed by atoms with Crippen LogP contribution in [0.4, 0.5) is 27.9 Å². The van der Waals surface area contributed by atoms with Crippen molar-refractivity contribution >= 4 is 45.9 Å². The summed E-state index contributed by atoms with van der Waals surface area (Å²) in [4.78, 5) is 35.6. The highest BCUT2D eigenvalue weighted by atomic mass is 16.5. The maximum atomic E-state index is 13.7. The van der Waals surface area contributed by atoms with Crippen LogP contribution in [-0.2, 0) is 19.6 Å². The predicted octanol–water partition coefficient (Wildman–Crippen LogP) is 7.70. The first-order chi connectivity index (χ1) is 30.0. The Bertz CT molecular complexity index is 2550. The normalized spacial score (nSPS) is 11.1. The van der Waals surface area contributed by atoms with Gasteiger partial charge in [0.25, 0.3) is 5.91 Å². The highest BCUT2D eigenvalue weighted by Gasteiger charge is 2.23. The summed E-state index contributed by atoms with van der Waals surface area (Å²) in [5, 5.41) is 18.2. The zero-order valence-electron chi connectivity index (χ0n) is 35.5. The number of aromatic nitrogens is 4. The molecule has 3 amide bonds. The van der Waals surface area contributed by atoms with Crippen LogP contribution in [0.15, 0.2) is 91.1 Å². The van der Waals surface area contributed by atoms with Gasteiger partial charge in [0.1, 0.15) is 28.8 Å². The van der Waals surface area contributed by atoms with Crippen LogP contribution >= 0.6 is 0 Å². The quantitative estimate of drug-likeness (QED) is 0.0462. The first-order valence-electron chi connectivity index (χ1n) is 19.7. The zero-order valence-corrected chi connectivity index (χ0v) is 35.5. The number of terminal acetylenes is 1. The van der Waals surface area contributed by atoms with Crippen LogP contribution in [0.2, 0.25) is 0 Å². The van der Waals surface area contributed by atoms with Crippen LogP contribution in [0.25, 0.3) is 16.5 Å². The Balaban J connectivity index is 1.14. The number of amides is 3. The van der Waals surface area contributed by atoms with E-state index < -0.39 is 6.03 Å². The summed E-state index contributed by atoms with van der Waals surface area (Å²) in [5.74, 6) is 4.81. The number of methoxy groups -OCH3 is 3. The smallest absolute Gasteiger partial charge is 0.324 e. The van der Waals surface area contributed by atoms with Gasteiger partial charge in [-0.1, -0.05) is 51.0 Å². The Hall–Kier alpha value is -7.19. The number of fused-ring (bicyclic) bond motifs is 1. The van der Waals surface area contributed by atoms with Gasteiger partial charge in [-0.25, -0.2) is 14.5 Å². The number of nitrogens with zero attached hydrogens (tertiary/aromatic N) is 4. The van der Waals surface area contributed by atoms with E-state index in [1.54, 1.807) is 80.7 Å². The van der Waals surface area contributed by atoms with Crippen molar-refractivity contribution in [1.82, 2.24) is 25.1 Å². The van der Waals surface area contributed by atoms with Gasteiger partial charge in [-0.05, 0) is 42.5 Å². The lowest BCUT2D eigenvalue weighted by Crippen LogP contribution is -2.27. The molecule has 0 radical (unpaired) electrons. The van der Waals surface area contributed by atoms with Gasteiger partial charge in [0.05, 0.1) is 58.6 Å². The molecule has 4 N–H and O–H groups in total. The van der Waals surface area contributed by atoms with Crippen LogP contribution in [0.5, 0.6) is 23.1 Å². The van der Waals surface area contributed by atoms with Crippen LogP contribution in [0, 0.1) is 12.3 Å². The predicted molar refractivity (Wildman–Crippen MR) is 238 cm³/mol. The number of carbonyl (C=O) groups is 2. The molecule has 0 saturated carbocycles. The number of ether oxygens (including phenoxy) is 6. The molecule has 0 saturated heterocycles. The SMILES string of the molecule is C#Cc1cc(Nc2nccc(Oc3ccc(NC(=O)Nc4cc(C(C)(C)C)nn4-c4ccc(OC)cc4OC)c4ccccc34)n2)cc(C(=O)NCCOCCOCCOC)c1. The minimum Gasteiger partial charge on any atom is -0.497 e. The number of hydrogen-bond acceptors (Lipinski definition) is 12. The molecule has 16 nitrogen and oxygen atoms in total. The maximum Gasteiger partial charge on any atom is 0.324 e. The second-order valence-corrected chi connectivity index (χ2v) is 14.7. The van der Waals surface area contributed by atoms with Gasteiger partial charge in [0, 0.05) is 71.1 Å². The molecule has 0 spiro atoms. The average molecular weight is 843 g/mol. The second-order valence-electron chi connectivity index (χ2n) is 14.7. The molecule has 2 heterocycles. The highest BCUT2D eigenvalue weighted by molar-refractivity contribution is 6.07. The standard InChI is InChI=1S/C46H50N8O8/c1-8-30-25-31(43(55)47-19-20-60-23-24-61-22-21-57-5)27-32(26-30)49-44-48-18-17-42(52-44)62-38-16-14-36(34-11-9-10-12-35(34)38)50-45(56)51-41-29-40(46(2,3)4)53-54(41)37-15-13-33(58-6)28-39(37)59-7/h1,9-18,25-29H,19-24H2,2-7H3,(H,47,55)(H,48,49,52)(H2,50,51,56). The number of anilines is 4. The third-order valence-electron chi connectivity index (χ3n) is 9.27. The van der Waals surface area contributed by atoms with Gasteiger partial charge in [0.2, 0.25) is 11.8 Å². The minimum atomic E-state index is -0.483. The zero-order chi connectivity index (χ0) is 44.1. The first-order valence-corrected chi connectivity index (χ1v) is 19.7. The lowest BCUT2D eigenvalue weighted by atomic mass is 9.92. The number of nitrogens with one attached hydrogen (secondary N) is 4. The number of benzene rings is 4. The Morgan fingerprint density at radius 2 is 1.58 bits per heavy atom. The van der Waals surface area contributed by atoms with Crippen molar-refractivity contribution in [2.24, 2.45) is 0 Å². The van der Waals surface area contributed by atoms with E-state index in [0.717, 1.165) is 16.5 Å². The third-order valence-corrected chi connectivity index (χ3v) is 9.27. The van der Waals surface area contributed by atoms with Crippen molar-refractivity contribution in [3.8, 4) is 41.2 Å². The van der Waals surface area contributed by atoms with E-state index in [-0.39, 0.29) is 23.2 Å². The van der Waals surface area contributed by atoms with Gasteiger partial charge >= 0.3 is 6.03 Å². The van der Waals surface area contributed by atoms with Gasteiger partial charge < -0.3 is 44.4 Å². The Morgan fingerprint density at radius 3 is 2.32 bits per heavy atom. The molecule has 0 atom stereocenters. The van der Waals surface area contributed by atoms with E-state index in [2.05, 4.69) is 37.2 Å². The van der Waals surface area contributed by atoms with E-state index in [1.165, 1.54) is 0 Å². The van der Waals surface area contributed by atoms with Gasteiger partial charge in [0.15, 0.2) is 0 Å². The molecule has 0 aliphatic heterocycles. The summed E-state index contributed by atoms with van der Waals surface area (Å²) in [6.45, 7) is 8.60. The van der Waals surface area contributed by atoms with Crippen LogP contribution in [0.3, 0.4) is 0 Å². The molecule has 6 aromatic rings. The average Bonchev–Trinajstić information content (AvgIpc) is 3.70. The lowest BCUT2D eigenvalue weighted by molar-refractivity contribution is 0.0255. The maximum absolute atomic E-state index is 13.7.